The number of rotatable bonds is 13. The molecule has 12 nitrogen and oxygen atoms in total. The number of hydrogen-bond donors (Lipinski definition) is 7. The maximum Gasteiger partial charge on any atom is 0.328 e. The number of aliphatic hydroxyl groups excluding tert-OH is 1. The molecule has 31 heavy (non-hydrogen) atoms. The molecule has 12 heteroatoms. The Hall–Kier alpha value is -2.73. The van der Waals surface area contributed by atoms with E-state index in [4.69, 9.17) is 15.9 Å². The van der Waals surface area contributed by atoms with E-state index >= 15 is 0 Å². The molecule has 178 valence electrons. The Kier molecular flexibility index (Phi) is 11.7. The third-order valence-corrected chi connectivity index (χ3v) is 4.59. The fraction of sp³-hybridized carbons (Fsp3) is 0.737. The Morgan fingerprint density at radius 1 is 0.774 bits per heavy atom. The Morgan fingerprint density at radius 3 is 1.68 bits per heavy atom. The number of nitrogens with one attached hydrogen (secondary N) is 3. The average molecular weight is 447 g/mol. The lowest BCUT2D eigenvalue weighted by atomic mass is 9.99. The van der Waals surface area contributed by atoms with E-state index in [0.29, 0.717) is 0 Å². The molecule has 0 aliphatic carbocycles. The zero-order valence-electron chi connectivity index (χ0n) is 18.4. The second kappa shape index (κ2) is 12.8. The summed E-state index contributed by atoms with van der Waals surface area (Å²) in [5.41, 5.74) is 5.80. The highest BCUT2D eigenvalue weighted by atomic mass is 16.4. The van der Waals surface area contributed by atoms with Gasteiger partial charge in [-0.3, -0.25) is 19.2 Å². The van der Waals surface area contributed by atoms with Crippen LogP contribution in [0.15, 0.2) is 0 Å². The first-order valence-corrected chi connectivity index (χ1v) is 9.98. The van der Waals surface area contributed by atoms with Crippen molar-refractivity contribution in [1.29, 1.82) is 0 Å². The summed E-state index contributed by atoms with van der Waals surface area (Å²) in [5, 5.41) is 34.5. The van der Waals surface area contributed by atoms with Crippen LogP contribution in [0.1, 0.15) is 47.5 Å². The van der Waals surface area contributed by atoms with E-state index in [2.05, 4.69) is 16.0 Å². The maximum absolute atomic E-state index is 12.8. The van der Waals surface area contributed by atoms with Crippen LogP contribution in [-0.2, 0) is 24.0 Å². The summed E-state index contributed by atoms with van der Waals surface area (Å²) in [6.45, 7) is 7.95. The van der Waals surface area contributed by atoms with E-state index in [9.17, 15) is 29.1 Å². The molecule has 0 radical (unpaired) electrons. The summed E-state index contributed by atoms with van der Waals surface area (Å²) in [7, 11) is 0. The number of hydrogen-bond acceptors (Lipinski definition) is 7. The number of carbonyl (C=O) groups excluding carboxylic acids is 3. The zero-order valence-corrected chi connectivity index (χ0v) is 18.4. The second-order valence-electron chi connectivity index (χ2n) is 8.06. The molecule has 3 amide bonds. The van der Waals surface area contributed by atoms with Gasteiger partial charge in [-0.2, -0.15) is 0 Å². The molecular formula is C19H34N4O8. The van der Waals surface area contributed by atoms with Crippen LogP contribution < -0.4 is 21.7 Å². The van der Waals surface area contributed by atoms with Crippen LogP contribution in [0, 0.1) is 11.8 Å². The van der Waals surface area contributed by atoms with Gasteiger partial charge in [0, 0.05) is 6.42 Å². The van der Waals surface area contributed by atoms with E-state index < -0.39 is 72.3 Å². The highest BCUT2D eigenvalue weighted by Gasteiger charge is 2.33. The summed E-state index contributed by atoms with van der Waals surface area (Å²) < 4.78 is 0. The molecule has 5 atom stereocenters. The van der Waals surface area contributed by atoms with Gasteiger partial charge in [0.1, 0.15) is 12.1 Å². The van der Waals surface area contributed by atoms with E-state index in [1.54, 1.807) is 27.7 Å². The lowest BCUT2D eigenvalue weighted by Crippen LogP contribution is -2.59. The highest BCUT2D eigenvalue weighted by molar-refractivity contribution is 5.94. The maximum atomic E-state index is 12.8. The van der Waals surface area contributed by atoms with Crippen molar-refractivity contribution in [3.05, 3.63) is 0 Å². The minimum Gasteiger partial charge on any atom is -0.481 e. The van der Waals surface area contributed by atoms with Crippen molar-refractivity contribution in [3.8, 4) is 0 Å². The van der Waals surface area contributed by atoms with Gasteiger partial charge >= 0.3 is 11.9 Å². The molecule has 5 unspecified atom stereocenters. The molecule has 0 spiro atoms. The number of aliphatic hydroxyl groups is 1. The van der Waals surface area contributed by atoms with Crippen molar-refractivity contribution in [2.24, 2.45) is 17.6 Å². The summed E-state index contributed by atoms with van der Waals surface area (Å²) in [4.78, 5) is 59.7. The van der Waals surface area contributed by atoms with E-state index in [1.165, 1.54) is 0 Å². The molecule has 0 saturated heterocycles. The summed E-state index contributed by atoms with van der Waals surface area (Å²) in [5.74, 6) is -5.59. The van der Waals surface area contributed by atoms with Crippen molar-refractivity contribution >= 4 is 29.7 Å². The summed E-state index contributed by atoms with van der Waals surface area (Å²) in [6.07, 6.45) is -2.25. The predicted octanol–water partition coefficient (Wildman–Crippen LogP) is -1.59. The molecule has 0 fully saturated rings. The number of carboxylic acids is 2. The second-order valence-corrected chi connectivity index (χ2v) is 8.06. The summed E-state index contributed by atoms with van der Waals surface area (Å²) in [6, 6.07) is -4.98. The van der Waals surface area contributed by atoms with Crippen molar-refractivity contribution < 1.29 is 39.3 Å². The van der Waals surface area contributed by atoms with Crippen molar-refractivity contribution in [1.82, 2.24) is 16.0 Å². The van der Waals surface area contributed by atoms with E-state index in [-0.39, 0.29) is 12.3 Å². The van der Waals surface area contributed by atoms with Gasteiger partial charge < -0.3 is 37.0 Å². The molecule has 0 rings (SSSR count). The molecule has 0 aliphatic heterocycles. The topological polar surface area (TPSA) is 208 Å². The first-order chi connectivity index (χ1) is 14.2. The largest absolute Gasteiger partial charge is 0.481 e. The molecule has 8 N–H and O–H groups in total. The minimum absolute atomic E-state index is 0.182. The van der Waals surface area contributed by atoms with Crippen molar-refractivity contribution in [2.45, 2.75) is 77.7 Å². The van der Waals surface area contributed by atoms with Gasteiger partial charge in [0.15, 0.2) is 6.04 Å². The normalized spacial score (nSPS) is 16.0. The minimum atomic E-state index is -1.65. The number of amides is 3. The molecule has 0 heterocycles. The third-order valence-electron chi connectivity index (χ3n) is 4.59. The van der Waals surface area contributed by atoms with Gasteiger partial charge in [-0.05, 0) is 25.2 Å². The van der Waals surface area contributed by atoms with Crippen LogP contribution in [-0.4, -0.2) is 75.3 Å². The molecule has 0 aliphatic rings. The van der Waals surface area contributed by atoms with Gasteiger partial charge in [-0.25, -0.2) is 4.79 Å². The Bertz CT molecular complexity index is 665. The lowest BCUT2D eigenvalue weighted by molar-refractivity contribution is -0.145. The molecular weight excluding hydrogens is 412 g/mol. The van der Waals surface area contributed by atoms with Crippen LogP contribution in [0.5, 0.6) is 0 Å². The van der Waals surface area contributed by atoms with Crippen molar-refractivity contribution in [2.75, 3.05) is 0 Å². The number of aliphatic carboxylic acids is 2. The molecule has 0 aromatic carbocycles. The van der Waals surface area contributed by atoms with Gasteiger partial charge in [-0.1, -0.05) is 27.7 Å². The first-order valence-electron chi connectivity index (χ1n) is 9.98. The first kappa shape index (κ1) is 28.3. The Morgan fingerprint density at radius 2 is 1.29 bits per heavy atom. The Balaban J connectivity index is 5.51. The predicted molar refractivity (Wildman–Crippen MR) is 110 cm³/mol. The lowest BCUT2D eigenvalue weighted by Gasteiger charge is -2.27. The van der Waals surface area contributed by atoms with Crippen LogP contribution in [0.4, 0.5) is 0 Å². The quantitative estimate of drug-likeness (QED) is 0.174. The third kappa shape index (κ3) is 9.75. The molecule has 0 aromatic heterocycles. The monoisotopic (exact) mass is 446 g/mol. The van der Waals surface area contributed by atoms with Crippen molar-refractivity contribution in [3.63, 3.8) is 0 Å². The van der Waals surface area contributed by atoms with Crippen LogP contribution in [0.2, 0.25) is 0 Å². The van der Waals surface area contributed by atoms with Crippen LogP contribution in [0.25, 0.3) is 0 Å². The number of nitrogens with two attached hydrogens (primary N) is 1. The van der Waals surface area contributed by atoms with E-state index in [1.807, 2.05) is 0 Å². The average Bonchev–Trinajstić information content (AvgIpc) is 2.64. The standard InChI is InChI=1S/C19H34N4O8/c1-8(2)13(20)17(28)22-14(9(3)4)18(29)21-11(6-7-12(25)26)16(27)23-15(10(5)24)19(30)31/h8-11,13-15,24H,6-7,20H2,1-5H3,(H,21,29)(H,22,28)(H,23,27)(H,25,26)(H,30,31). The number of carbonyl (C=O) groups is 5. The van der Waals surface area contributed by atoms with Crippen LogP contribution in [0.3, 0.4) is 0 Å². The number of carboxylic acid groups (broad SMARTS) is 2. The van der Waals surface area contributed by atoms with Gasteiger partial charge in [0.2, 0.25) is 17.7 Å². The molecule has 0 saturated carbocycles. The smallest absolute Gasteiger partial charge is 0.328 e. The van der Waals surface area contributed by atoms with Gasteiger partial charge in [-0.15, -0.1) is 0 Å². The fourth-order valence-corrected chi connectivity index (χ4v) is 2.53. The molecule has 0 bridgehead atoms. The zero-order chi connectivity index (χ0) is 24.5. The fourth-order valence-electron chi connectivity index (χ4n) is 2.53. The Labute approximate surface area is 180 Å². The van der Waals surface area contributed by atoms with Crippen LogP contribution >= 0.6 is 0 Å². The van der Waals surface area contributed by atoms with E-state index in [0.717, 1.165) is 6.92 Å². The molecule has 0 aromatic rings. The summed E-state index contributed by atoms with van der Waals surface area (Å²) >= 11 is 0. The van der Waals surface area contributed by atoms with Gasteiger partial charge in [0.25, 0.3) is 0 Å². The van der Waals surface area contributed by atoms with Gasteiger partial charge in [0.05, 0.1) is 12.1 Å². The highest BCUT2D eigenvalue weighted by Crippen LogP contribution is 2.07. The SMILES string of the molecule is CC(C)C(N)C(=O)NC(C(=O)NC(CCC(=O)O)C(=O)NC(C(=O)O)C(C)O)C(C)C.